The first-order chi connectivity index (χ1) is 10.9. The van der Waals surface area contributed by atoms with Crippen molar-refractivity contribution in [2.75, 3.05) is 13.1 Å². The molecule has 1 atom stereocenters. The summed E-state index contributed by atoms with van der Waals surface area (Å²) in [5, 5.41) is 0. The minimum Gasteiger partial charge on any atom is -0.300 e. The Labute approximate surface area is 146 Å². The van der Waals surface area contributed by atoms with E-state index in [1.807, 2.05) is 0 Å². The fourth-order valence-corrected chi connectivity index (χ4v) is 4.44. The van der Waals surface area contributed by atoms with Crippen molar-refractivity contribution >= 4 is 12.4 Å². The van der Waals surface area contributed by atoms with Crippen molar-refractivity contribution in [3.05, 3.63) is 71.8 Å². The zero-order chi connectivity index (χ0) is 14.8. The van der Waals surface area contributed by atoms with Gasteiger partial charge in [-0.3, -0.25) is 0 Å². The average Bonchev–Trinajstić information content (AvgIpc) is 2.62. The van der Waals surface area contributed by atoms with Gasteiger partial charge in [-0.25, -0.2) is 0 Å². The smallest absolute Gasteiger partial charge is 0.0107 e. The molecule has 2 aromatic carbocycles. The Morgan fingerprint density at radius 1 is 0.826 bits per heavy atom. The maximum Gasteiger partial charge on any atom is 0.0107 e. The highest BCUT2D eigenvalue weighted by molar-refractivity contribution is 5.85. The van der Waals surface area contributed by atoms with Crippen LogP contribution in [0.25, 0.3) is 0 Å². The number of nitrogens with zero attached hydrogens (tertiary/aromatic N) is 1. The van der Waals surface area contributed by atoms with Crippen molar-refractivity contribution in [3.63, 3.8) is 0 Å². The van der Waals surface area contributed by atoms with Gasteiger partial charge in [-0.2, -0.15) is 0 Å². The zero-order valence-electron chi connectivity index (χ0n) is 13.6. The molecule has 0 aromatic heterocycles. The number of hydrogen-bond donors (Lipinski definition) is 0. The molecule has 23 heavy (non-hydrogen) atoms. The predicted octanol–water partition coefficient (Wildman–Crippen LogP) is 5.11. The summed E-state index contributed by atoms with van der Waals surface area (Å²) in [6.07, 6.45) is 5.54. The van der Waals surface area contributed by atoms with Gasteiger partial charge >= 0.3 is 0 Å². The Morgan fingerprint density at radius 2 is 1.35 bits per heavy atom. The summed E-state index contributed by atoms with van der Waals surface area (Å²) < 4.78 is 0. The molecule has 1 unspecified atom stereocenters. The normalized spacial score (nSPS) is 26.0. The summed E-state index contributed by atoms with van der Waals surface area (Å²) in [5.74, 6) is 1.52. The van der Waals surface area contributed by atoms with E-state index in [2.05, 4.69) is 65.6 Å². The Kier molecular flexibility index (Phi) is 5.40. The Bertz CT molecular complexity index is 550. The minimum atomic E-state index is 0. The second kappa shape index (κ2) is 7.51. The van der Waals surface area contributed by atoms with Crippen LogP contribution in [0.5, 0.6) is 0 Å². The first kappa shape index (κ1) is 16.5. The SMILES string of the molecule is Cl.c1ccc(C(CC2CC3CCN2CC3)c2ccccc2)cc1. The van der Waals surface area contributed by atoms with Gasteiger partial charge < -0.3 is 4.90 Å². The van der Waals surface area contributed by atoms with Crippen LogP contribution in [-0.2, 0) is 0 Å². The molecule has 0 aliphatic carbocycles. The van der Waals surface area contributed by atoms with Crippen molar-refractivity contribution in [3.8, 4) is 0 Å². The Hall–Kier alpha value is -1.31. The summed E-state index contributed by atoms with van der Waals surface area (Å²) in [5.41, 5.74) is 2.94. The quantitative estimate of drug-likeness (QED) is 0.753. The van der Waals surface area contributed by atoms with Crippen LogP contribution in [0.1, 0.15) is 42.7 Å². The van der Waals surface area contributed by atoms with Gasteiger partial charge in [-0.05, 0) is 55.8 Å². The highest BCUT2D eigenvalue weighted by Gasteiger charge is 2.35. The van der Waals surface area contributed by atoms with Gasteiger partial charge in [0.15, 0.2) is 0 Å². The van der Waals surface area contributed by atoms with Crippen LogP contribution < -0.4 is 0 Å². The lowest BCUT2D eigenvalue weighted by Gasteiger charge is -2.46. The first-order valence-corrected chi connectivity index (χ1v) is 8.74. The van der Waals surface area contributed by atoms with Crippen LogP contribution in [-0.4, -0.2) is 24.0 Å². The molecular weight excluding hydrogens is 302 g/mol. The lowest BCUT2D eigenvalue weighted by atomic mass is 9.77. The van der Waals surface area contributed by atoms with Crippen LogP contribution in [0, 0.1) is 5.92 Å². The van der Waals surface area contributed by atoms with E-state index in [9.17, 15) is 0 Å². The molecule has 3 saturated heterocycles. The van der Waals surface area contributed by atoms with Crippen molar-refractivity contribution < 1.29 is 0 Å². The topological polar surface area (TPSA) is 3.24 Å². The molecule has 2 aromatic rings. The number of benzene rings is 2. The molecule has 0 amide bonds. The van der Waals surface area contributed by atoms with Crippen molar-refractivity contribution in [2.45, 2.75) is 37.6 Å². The van der Waals surface area contributed by atoms with Crippen LogP contribution in [0.3, 0.4) is 0 Å². The van der Waals surface area contributed by atoms with E-state index in [0.717, 1.165) is 12.0 Å². The molecule has 3 fully saturated rings. The predicted molar refractivity (Wildman–Crippen MR) is 99.3 cm³/mol. The number of rotatable bonds is 4. The van der Waals surface area contributed by atoms with E-state index in [4.69, 9.17) is 0 Å². The number of fused-ring (bicyclic) bond motifs is 3. The molecule has 3 aliphatic rings. The lowest BCUT2D eigenvalue weighted by Crippen LogP contribution is -2.49. The number of hydrogen-bond acceptors (Lipinski definition) is 1. The molecule has 5 rings (SSSR count). The van der Waals surface area contributed by atoms with Crippen molar-refractivity contribution in [1.82, 2.24) is 4.90 Å². The second-order valence-electron chi connectivity index (χ2n) is 6.98. The van der Waals surface area contributed by atoms with E-state index in [-0.39, 0.29) is 12.4 Å². The Morgan fingerprint density at radius 3 is 1.78 bits per heavy atom. The van der Waals surface area contributed by atoms with E-state index < -0.39 is 0 Å². The third-order valence-electron chi connectivity index (χ3n) is 5.68. The minimum absolute atomic E-state index is 0. The summed E-state index contributed by atoms with van der Waals surface area (Å²) in [6.45, 7) is 2.65. The van der Waals surface area contributed by atoms with E-state index in [1.165, 1.54) is 49.9 Å². The van der Waals surface area contributed by atoms with Crippen molar-refractivity contribution in [1.29, 1.82) is 0 Å². The molecule has 0 spiro atoms. The molecule has 0 N–H and O–H groups in total. The molecule has 1 nitrogen and oxygen atoms in total. The Balaban J connectivity index is 0.00000156. The molecule has 3 heterocycles. The summed E-state index contributed by atoms with van der Waals surface area (Å²) >= 11 is 0. The lowest BCUT2D eigenvalue weighted by molar-refractivity contribution is 0.0431. The van der Waals surface area contributed by atoms with Crippen LogP contribution in [0.2, 0.25) is 0 Å². The van der Waals surface area contributed by atoms with E-state index in [0.29, 0.717) is 5.92 Å². The molecule has 2 heteroatoms. The summed E-state index contributed by atoms with van der Waals surface area (Å²) in [7, 11) is 0. The molecule has 2 bridgehead atoms. The molecule has 3 aliphatic heterocycles. The average molecular weight is 328 g/mol. The number of halogens is 1. The molecule has 0 radical (unpaired) electrons. The largest absolute Gasteiger partial charge is 0.300 e. The zero-order valence-corrected chi connectivity index (χ0v) is 14.4. The highest BCUT2D eigenvalue weighted by Crippen LogP contribution is 2.38. The standard InChI is InChI=1S/C21H25N.ClH/c1-3-7-18(8-4-1)21(19-9-5-2-6-10-19)16-20-15-17-11-13-22(20)14-12-17;/h1-10,17,20-21H,11-16H2;1H. The van der Waals surface area contributed by atoms with Crippen molar-refractivity contribution in [2.24, 2.45) is 5.92 Å². The second-order valence-corrected chi connectivity index (χ2v) is 6.98. The fourth-order valence-electron chi connectivity index (χ4n) is 4.44. The van der Waals surface area contributed by atoms with Gasteiger partial charge in [-0.15, -0.1) is 12.4 Å². The third-order valence-corrected chi connectivity index (χ3v) is 5.68. The van der Waals surface area contributed by atoms with Gasteiger partial charge in [0.1, 0.15) is 0 Å². The highest BCUT2D eigenvalue weighted by atomic mass is 35.5. The van der Waals surface area contributed by atoms with E-state index in [1.54, 1.807) is 0 Å². The molecule has 0 saturated carbocycles. The van der Waals surface area contributed by atoms with Crippen LogP contribution in [0.4, 0.5) is 0 Å². The van der Waals surface area contributed by atoms with Gasteiger partial charge in [0.2, 0.25) is 0 Å². The van der Waals surface area contributed by atoms with E-state index >= 15 is 0 Å². The van der Waals surface area contributed by atoms with Gasteiger partial charge in [-0.1, -0.05) is 60.7 Å². The van der Waals surface area contributed by atoms with Gasteiger partial charge in [0.05, 0.1) is 0 Å². The first-order valence-electron chi connectivity index (χ1n) is 8.74. The number of piperidine rings is 3. The fraction of sp³-hybridized carbons (Fsp3) is 0.429. The third kappa shape index (κ3) is 3.62. The molecular formula is C21H26ClN. The monoisotopic (exact) mass is 327 g/mol. The summed E-state index contributed by atoms with van der Waals surface area (Å²) in [6, 6.07) is 22.9. The van der Waals surface area contributed by atoms with Crippen LogP contribution >= 0.6 is 12.4 Å². The summed E-state index contributed by atoms with van der Waals surface area (Å²) in [4.78, 5) is 2.75. The van der Waals surface area contributed by atoms with Gasteiger partial charge in [0.25, 0.3) is 0 Å². The molecule has 122 valence electrons. The van der Waals surface area contributed by atoms with Gasteiger partial charge in [0, 0.05) is 12.0 Å². The maximum atomic E-state index is 2.75. The van der Waals surface area contributed by atoms with Crippen LogP contribution in [0.15, 0.2) is 60.7 Å². The maximum absolute atomic E-state index is 2.75.